The van der Waals surface area contributed by atoms with E-state index in [1.54, 1.807) is 0 Å². The zero-order chi connectivity index (χ0) is 12.0. The highest BCUT2D eigenvalue weighted by Gasteiger charge is 2.54. The first-order valence-corrected chi connectivity index (χ1v) is 6.34. The standard InChI is InChI=1S/C14H18N2O/c1-10(2)16-9-5-8-14(16)11-6-3-4-7-12(11)15-13(14)17/h3-4,6-7,10H,5,8-9H2,1-2H3,(H,15,17). The van der Waals surface area contributed by atoms with Crippen LogP contribution in [0.15, 0.2) is 24.3 Å². The van der Waals surface area contributed by atoms with Crippen molar-refractivity contribution in [1.29, 1.82) is 0 Å². The maximum atomic E-state index is 12.4. The number of benzene rings is 1. The second-order valence-electron chi connectivity index (χ2n) is 5.25. The Morgan fingerprint density at radius 2 is 2.12 bits per heavy atom. The number of anilines is 1. The lowest BCUT2D eigenvalue weighted by molar-refractivity contribution is -0.127. The summed E-state index contributed by atoms with van der Waals surface area (Å²) in [6, 6.07) is 8.49. The van der Waals surface area contributed by atoms with Gasteiger partial charge in [-0.2, -0.15) is 0 Å². The minimum Gasteiger partial charge on any atom is -0.324 e. The molecule has 3 heteroatoms. The summed E-state index contributed by atoms with van der Waals surface area (Å²) in [4.78, 5) is 14.8. The second-order valence-corrected chi connectivity index (χ2v) is 5.25. The Balaban J connectivity index is 2.16. The van der Waals surface area contributed by atoms with Crippen LogP contribution in [0.1, 0.15) is 32.3 Å². The Morgan fingerprint density at radius 3 is 2.88 bits per heavy atom. The van der Waals surface area contributed by atoms with Crippen molar-refractivity contribution in [2.75, 3.05) is 11.9 Å². The lowest BCUT2D eigenvalue weighted by Crippen LogP contribution is -2.49. The van der Waals surface area contributed by atoms with Crippen molar-refractivity contribution in [3.05, 3.63) is 29.8 Å². The molecule has 0 aromatic heterocycles. The lowest BCUT2D eigenvalue weighted by Gasteiger charge is -2.36. The van der Waals surface area contributed by atoms with Gasteiger partial charge < -0.3 is 5.32 Å². The van der Waals surface area contributed by atoms with Gasteiger partial charge in [0.2, 0.25) is 5.91 Å². The summed E-state index contributed by atoms with van der Waals surface area (Å²) >= 11 is 0. The van der Waals surface area contributed by atoms with Crippen LogP contribution in [0, 0.1) is 0 Å². The monoisotopic (exact) mass is 230 g/mol. The first kappa shape index (κ1) is 10.8. The van der Waals surface area contributed by atoms with Crippen molar-refractivity contribution in [3.8, 4) is 0 Å². The molecule has 2 aliphatic heterocycles. The number of nitrogens with zero attached hydrogens (tertiary/aromatic N) is 1. The summed E-state index contributed by atoms with van der Waals surface area (Å²) < 4.78 is 0. The van der Waals surface area contributed by atoms with Gasteiger partial charge in [-0.3, -0.25) is 9.69 Å². The average molecular weight is 230 g/mol. The van der Waals surface area contributed by atoms with Crippen LogP contribution in [0.4, 0.5) is 5.69 Å². The number of carbonyl (C=O) groups excluding carboxylic acids is 1. The molecule has 1 saturated heterocycles. The number of para-hydroxylation sites is 1. The first-order chi connectivity index (χ1) is 8.16. The van der Waals surface area contributed by atoms with Crippen LogP contribution in [-0.4, -0.2) is 23.4 Å². The van der Waals surface area contributed by atoms with Crippen LogP contribution >= 0.6 is 0 Å². The predicted octanol–water partition coefficient (Wildman–Crippen LogP) is 2.34. The van der Waals surface area contributed by atoms with Gasteiger partial charge in [0, 0.05) is 17.3 Å². The SMILES string of the molecule is CC(C)N1CCCC12C(=O)Nc1ccccc12. The van der Waals surface area contributed by atoms with Crippen molar-refractivity contribution < 1.29 is 4.79 Å². The molecule has 1 aromatic carbocycles. The molecule has 3 nitrogen and oxygen atoms in total. The highest BCUT2D eigenvalue weighted by atomic mass is 16.2. The van der Waals surface area contributed by atoms with Gasteiger partial charge >= 0.3 is 0 Å². The third-order valence-electron chi connectivity index (χ3n) is 4.05. The van der Waals surface area contributed by atoms with E-state index in [1.807, 2.05) is 18.2 Å². The van der Waals surface area contributed by atoms with Gasteiger partial charge in [0.15, 0.2) is 0 Å². The Kier molecular flexibility index (Phi) is 2.26. The minimum atomic E-state index is -0.398. The molecule has 1 aromatic rings. The van der Waals surface area contributed by atoms with E-state index in [2.05, 4.69) is 30.1 Å². The Labute approximate surface area is 102 Å². The summed E-state index contributed by atoms with van der Waals surface area (Å²) in [5.74, 6) is 0.157. The molecule has 0 saturated carbocycles. The van der Waals surface area contributed by atoms with Gasteiger partial charge in [-0.15, -0.1) is 0 Å². The number of hydrogen-bond donors (Lipinski definition) is 1. The molecule has 0 radical (unpaired) electrons. The first-order valence-electron chi connectivity index (χ1n) is 6.34. The van der Waals surface area contributed by atoms with Crippen LogP contribution < -0.4 is 5.32 Å². The molecule has 1 unspecified atom stereocenters. The van der Waals surface area contributed by atoms with Crippen LogP contribution in [0.5, 0.6) is 0 Å². The van der Waals surface area contributed by atoms with E-state index in [9.17, 15) is 4.79 Å². The summed E-state index contributed by atoms with van der Waals surface area (Å²) in [5, 5.41) is 3.03. The Bertz CT molecular complexity index is 469. The highest BCUT2D eigenvalue weighted by molar-refractivity contribution is 6.06. The van der Waals surface area contributed by atoms with Crippen molar-refractivity contribution >= 4 is 11.6 Å². The summed E-state index contributed by atoms with van der Waals surface area (Å²) in [5.41, 5.74) is 1.76. The van der Waals surface area contributed by atoms with E-state index in [-0.39, 0.29) is 5.91 Å². The largest absolute Gasteiger partial charge is 0.324 e. The highest BCUT2D eigenvalue weighted by Crippen LogP contribution is 2.47. The number of fused-ring (bicyclic) bond motifs is 2. The fraction of sp³-hybridized carbons (Fsp3) is 0.500. The number of hydrogen-bond acceptors (Lipinski definition) is 2. The van der Waals surface area contributed by atoms with E-state index >= 15 is 0 Å². The summed E-state index contributed by atoms with van der Waals surface area (Å²) in [7, 11) is 0. The van der Waals surface area contributed by atoms with E-state index in [1.165, 1.54) is 0 Å². The molecule has 1 fully saturated rings. The Morgan fingerprint density at radius 1 is 1.35 bits per heavy atom. The molecule has 2 aliphatic rings. The molecule has 2 heterocycles. The van der Waals surface area contributed by atoms with Crippen LogP contribution in [0.25, 0.3) is 0 Å². The topological polar surface area (TPSA) is 32.3 Å². The molecule has 1 N–H and O–H groups in total. The number of rotatable bonds is 1. The fourth-order valence-corrected chi connectivity index (χ4v) is 3.37. The predicted molar refractivity (Wildman–Crippen MR) is 67.8 cm³/mol. The van der Waals surface area contributed by atoms with Crippen molar-refractivity contribution in [3.63, 3.8) is 0 Å². The molecule has 0 bridgehead atoms. The molecular weight excluding hydrogens is 212 g/mol. The van der Waals surface area contributed by atoms with Crippen LogP contribution in [0.3, 0.4) is 0 Å². The number of likely N-dealkylation sites (tertiary alicyclic amines) is 1. The van der Waals surface area contributed by atoms with Crippen LogP contribution in [0.2, 0.25) is 0 Å². The molecular formula is C14H18N2O. The van der Waals surface area contributed by atoms with E-state index < -0.39 is 5.54 Å². The van der Waals surface area contributed by atoms with Gasteiger partial charge in [-0.05, 0) is 39.3 Å². The lowest BCUT2D eigenvalue weighted by atomic mass is 9.88. The van der Waals surface area contributed by atoms with E-state index in [4.69, 9.17) is 0 Å². The van der Waals surface area contributed by atoms with E-state index in [0.717, 1.165) is 30.6 Å². The Hall–Kier alpha value is -1.35. The number of nitrogens with one attached hydrogen (secondary N) is 1. The number of amides is 1. The van der Waals surface area contributed by atoms with Crippen molar-refractivity contribution in [2.45, 2.75) is 38.3 Å². The minimum absolute atomic E-state index is 0.157. The van der Waals surface area contributed by atoms with Crippen molar-refractivity contribution in [2.24, 2.45) is 0 Å². The number of carbonyl (C=O) groups is 1. The maximum absolute atomic E-state index is 12.4. The fourth-order valence-electron chi connectivity index (χ4n) is 3.37. The molecule has 1 atom stereocenters. The summed E-state index contributed by atoms with van der Waals surface area (Å²) in [6.45, 7) is 5.35. The van der Waals surface area contributed by atoms with Gasteiger partial charge in [0.05, 0.1) is 0 Å². The van der Waals surface area contributed by atoms with Crippen LogP contribution in [-0.2, 0) is 10.3 Å². The average Bonchev–Trinajstić information content (AvgIpc) is 2.85. The molecule has 3 rings (SSSR count). The molecule has 1 amide bonds. The third-order valence-corrected chi connectivity index (χ3v) is 4.05. The quantitative estimate of drug-likeness (QED) is 0.803. The molecule has 17 heavy (non-hydrogen) atoms. The third kappa shape index (κ3) is 1.29. The van der Waals surface area contributed by atoms with Gasteiger partial charge in [-0.25, -0.2) is 0 Å². The van der Waals surface area contributed by atoms with Gasteiger partial charge in [0.1, 0.15) is 5.54 Å². The normalized spacial score (nSPS) is 27.8. The van der Waals surface area contributed by atoms with Crippen molar-refractivity contribution in [1.82, 2.24) is 4.90 Å². The summed E-state index contributed by atoms with van der Waals surface area (Å²) in [6.07, 6.45) is 2.04. The molecule has 90 valence electrons. The molecule has 1 spiro atoms. The zero-order valence-corrected chi connectivity index (χ0v) is 10.4. The maximum Gasteiger partial charge on any atom is 0.249 e. The second kappa shape index (κ2) is 3.57. The van der Waals surface area contributed by atoms with Gasteiger partial charge in [0.25, 0.3) is 0 Å². The zero-order valence-electron chi connectivity index (χ0n) is 10.4. The van der Waals surface area contributed by atoms with E-state index in [0.29, 0.717) is 6.04 Å². The smallest absolute Gasteiger partial charge is 0.249 e. The van der Waals surface area contributed by atoms with Gasteiger partial charge in [-0.1, -0.05) is 18.2 Å². The molecule has 0 aliphatic carbocycles.